The van der Waals surface area contributed by atoms with Gasteiger partial charge in [0.1, 0.15) is 5.60 Å². The maximum absolute atomic E-state index is 12.1. The van der Waals surface area contributed by atoms with Crippen molar-refractivity contribution in [2.24, 2.45) is 0 Å². The average Bonchev–Trinajstić information content (AvgIpc) is 1.94. The second-order valence-electron chi connectivity index (χ2n) is 3.92. The molecule has 0 aliphatic carbocycles. The predicted octanol–water partition coefficient (Wildman–Crippen LogP) is 1.43. The first kappa shape index (κ1) is 14.0. The topological polar surface area (TPSA) is 58.6 Å². The minimum Gasteiger partial charge on any atom is -0.444 e. The number of halogens is 3. The van der Waals surface area contributed by atoms with E-state index in [4.69, 9.17) is 5.11 Å². The molecule has 0 fully saturated rings. The second-order valence-corrected chi connectivity index (χ2v) is 3.92. The number of aliphatic hydroxyl groups is 1. The monoisotopic (exact) mass is 229 g/mol. The smallest absolute Gasteiger partial charge is 0.410 e. The highest BCUT2D eigenvalue weighted by atomic mass is 19.4. The van der Waals surface area contributed by atoms with Gasteiger partial charge in [0.15, 0.2) is 6.04 Å². The lowest BCUT2D eigenvalue weighted by molar-refractivity contribution is -0.162. The van der Waals surface area contributed by atoms with Crippen LogP contribution in [0.15, 0.2) is 0 Å². The fraction of sp³-hybridized carbons (Fsp3) is 0.875. The Morgan fingerprint density at radius 1 is 1.40 bits per heavy atom. The van der Waals surface area contributed by atoms with Gasteiger partial charge >= 0.3 is 12.3 Å². The summed E-state index contributed by atoms with van der Waals surface area (Å²) in [6, 6.07) is -2.30. The van der Waals surface area contributed by atoms with Gasteiger partial charge in [-0.1, -0.05) is 0 Å². The molecule has 0 saturated heterocycles. The third kappa shape index (κ3) is 6.16. The molecule has 0 aromatic rings. The van der Waals surface area contributed by atoms with Gasteiger partial charge in [0.25, 0.3) is 0 Å². The zero-order valence-corrected chi connectivity index (χ0v) is 8.68. The number of amides is 1. The van der Waals surface area contributed by atoms with Crippen molar-refractivity contribution in [3.8, 4) is 0 Å². The summed E-state index contributed by atoms with van der Waals surface area (Å²) < 4.78 is 40.9. The van der Waals surface area contributed by atoms with E-state index < -0.39 is 30.5 Å². The van der Waals surface area contributed by atoms with Crippen LogP contribution in [0.5, 0.6) is 0 Å². The SMILES string of the molecule is CC(C)(C)OC(=O)N[C@H](CO)C(F)(F)F. The minimum atomic E-state index is -4.69. The molecule has 0 aromatic carbocycles. The predicted molar refractivity (Wildman–Crippen MR) is 46.3 cm³/mol. The molecule has 2 N–H and O–H groups in total. The number of aliphatic hydroxyl groups excluding tert-OH is 1. The van der Waals surface area contributed by atoms with E-state index >= 15 is 0 Å². The summed E-state index contributed by atoms with van der Waals surface area (Å²) >= 11 is 0. The Morgan fingerprint density at radius 3 is 2.13 bits per heavy atom. The summed E-state index contributed by atoms with van der Waals surface area (Å²) in [4.78, 5) is 10.9. The van der Waals surface area contributed by atoms with E-state index in [0.717, 1.165) is 0 Å². The van der Waals surface area contributed by atoms with Gasteiger partial charge in [0.05, 0.1) is 6.61 Å². The third-order valence-electron chi connectivity index (χ3n) is 1.27. The van der Waals surface area contributed by atoms with Gasteiger partial charge in [-0.05, 0) is 20.8 Å². The standard InChI is InChI=1S/C8H14F3NO3/c1-7(2,3)15-6(14)12-5(4-13)8(9,10)11/h5,13H,4H2,1-3H3,(H,12,14)/t5-/m1/s1. The molecule has 4 nitrogen and oxygen atoms in total. The van der Waals surface area contributed by atoms with E-state index in [-0.39, 0.29) is 0 Å². The van der Waals surface area contributed by atoms with Crippen molar-refractivity contribution in [1.29, 1.82) is 0 Å². The lowest BCUT2D eigenvalue weighted by Gasteiger charge is -2.23. The maximum atomic E-state index is 12.1. The van der Waals surface area contributed by atoms with Crippen molar-refractivity contribution < 1.29 is 27.8 Å². The van der Waals surface area contributed by atoms with Crippen LogP contribution in [0.3, 0.4) is 0 Å². The van der Waals surface area contributed by atoms with Crippen molar-refractivity contribution in [2.75, 3.05) is 6.61 Å². The zero-order valence-electron chi connectivity index (χ0n) is 8.68. The van der Waals surface area contributed by atoms with Crippen molar-refractivity contribution in [1.82, 2.24) is 5.32 Å². The first-order chi connectivity index (χ1) is 6.56. The molecule has 0 aliphatic heterocycles. The number of carbonyl (C=O) groups is 1. The van der Waals surface area contributed by atoms with Crippen LogP contribution in [-0.2, 0) is 4.74 Å². The van der Waals surface area contributed by atoms with Crippen LogP contribution < -0.4 is 5.32 Å². The molecule has 15 heavy (non-hydrogen) atoms. The van der Waals surface area contributed by atoms with E-state index in [1.54, 1.807) is 0 Å². The number of alkyl carbamates (subject to hydrolysis) is 1. The summed E-state index contributed by atoms with van der Waals surface area (Å²) in [5, 5.41) is 9.95. The summed E-state index contributed by atoms with van der Waals surface area (Å²) in [6.07, 6.45) is -5.90. The highest BCUT2D eigenvalue weighted by molar-refractivity contribution is 5.68. The van der Waals surface area contributed by atoms with Gasteiger partial charge in [-0.15, -0.1) is 0 Å². The second kappa shape index (κ2) is 4.69. The molecule has 90 valence electrons. The van der Waals surface area contributed by atoms with E-state index in [1.807, 2.05) is 0 Å². The van der Waals surface area contributed by atoms with Crippen LogP contribution in [0.2, 0.25) is 0 Å². The van der Waals surface area contributed by atoms with Gasteiger partial charge in [0.2, 0.25) is 0 Å². The quantitative estimate of drug-likeness (QED) is 0.753. The Hall–Kier alpha value is -0.980. The molecular formula is C8H14F3NO3. The van der Waals surface area contributed by atoms with E-state index in [2.05, 4.69) is 4.74 Å². The summed E-state index contributed by atoms with van der Waals surface area (Å²) in [6.45, 7) is 3.35. The number of alkyl halides is 3. The molecule has 0 aromatic heterocycles. The summed E-state index contributed by atoms with van der Waals surface area (Å²) in [7, 11) is 0. The van der Waals surface area contributed by atoms with Gasteiger partial charge in [-0.3, -0.25) is 0 Å². The van der Waals surface area contributed by atoms with Crippen LogP contribution >= 0.6 is 0 Å². The Kier molecular flexibility index (Phi) is 4.39. The zero-order chi connectivity index (χ0) is 12.3. The van der Waals surface area contributed by atoms with E-state index in [0.29, 0.717) is 0 Å². The van der Waals surface area contributed by atoms with E-state index in [1.165, 1.54) is 26.1 Å². The Balaban J connectivity index is 4.27. The average molecular weight is 229 g/mol. The summed E-state index contributed by atoms with van der Waals surface area (Å²) in [5.74, 6) is 0. The number of rotatable bonds is 2. The van der Waals surface area contributed by atoms with Gasteiger partial charge in [-0.25, -0.2) is 4.79 Å². The Labute approximate surface area is 85.4 Å². The van der Waals surface area contributed by atoms with Crippen LogP contribution in [0.25, 0.3) is 0 Å². The fourth-order valence-electron chi connectivity index (χ4n) is 0.681. The molecule has 0 aliphatic rings. The molecule has 0 spiro atoms. The molecule has 0 bridgehead atoms. The van der Waals surface area contributed by atoms with Crippen LogP contribution in [0, 0.1) is 0 Å². The largest absolute Gasteiger partial charge is 0.444 e. The molecule has 0 radical (unpaired) electrons. The van der Waals surface area contributed by atoms with Crippen molar-refractivity contribution in [2.45, 2.75) is 38.6 Å². The lowest BCUT2D eigenvalue weighted by atomic mass is 10.2. The van der Waals surface area contributed by atoms with E-state index in [9.17, 15) is 18.0 Å². The Morgan fingerprint density at radius 2 is 1.87 bits per heavy atom. The van der Waals surface area contributed by atoms with Gasteiger partial charge < -0.3 is 15.2 Å². The molecule has 1 atom stereocenters. The number of hydrogen-bond donors (Lipinski definition) is 2. The molecule has 0 unspecified atom stereocenters. The number of carbonyl (C=O) groups excluding carboxylic acids is 1. The normalized spacial score (nSPS) is 14.6. The van der Waals surface area contributed by atoms with Crippen molar-refractivity contribution in [3.63, 3.8) is 0 Å². The molecule has 0 heterocycles. The number of nitrogens with one attached hydrogen (secondary N) is 1. The van der Waals surface area contributed by atoms with Crippen LogP contribution in [-0.4, -0.2) is 35.6 Å². The van der Waals surface area contributed by atoms with Crippen LogP contribution in [0.4, 0.5) is 18.0 Å². The highest BCUT2D eigenvalue weighted by Gasteiger charge is 2.40. The van der Waals surface area contributed by atoms with Gasteiger partial charge in [-0.2, -0.15) is 13.2 Å². The van der Waals surface area contributed by atoms with Crippen molar-refractivity contribution >= 4 is 6.09 Å². The first-order valence-electron chi connectivity index (χ1n) is 4.23. The molecule has 0 rings (SSSR count). The number of hydrogen-bond acceptors (Lipinski definition) is 3. The molecule has 1 amide bonds. The van der Waals surface area contributed by atoms with Crippen molar-refractivity contribution in [3.05, 3.63) is 0 Å². The molecule has 7 heteroatoms. The highest BCUT2D eigenvalue weighted by Crippen LogP contribution is 2.20. The fourth-order valence-corrected chi connectivity index (χ4v) is 0.681. The third-order valence-corrected chi connectivity index (χ3v) is 1.27. The first-order valence-corrected chi connectivity index (χ1v) is 4.23. The minimum absolute atomic E-state index is 0.879. The maximum Gasteiger partial charge on any atom is 0.410 e. The molecule has 0 saturated carbocycles. The number of ether oxygens (including phenoxy) is 1. The summed E-state index contributed by atoms with van der Waals surface area (Å²) in [5.41, 5.74) is -0.879. The lowest BCUT2D eigenvalue weighted by Crippen LogP contribution is -2.49. The van der Waals surface area contributed by atoms with Crippen LogP contribution in [0.1, 0.15) is 20.8 Å². The molecular weight excluding hydrogens is 215 g/mol. The Bertz CT molecular complexity index is 222. The van der Waals surface area contributed by atoms with Gasteiger partial charge in [0, 0.05) is 0 Å².